The lowest BCUT2D eigenvalue weighted by Gasteiger charge is -2.13. The van der Waals surface area contributed by atoms with Crippen LogP contribution in [0.25, 0.3) is 11.1 Å². The second-order valence-electron chi connectivity index (χ2n) is 4.64. The van der Waals surface area contributed by atoms with Crippen LogP contribution in [0.4, 0.5) is 0 Å². The minimum Gasteiger partial charge on any atom is -0.504 e. The van der Waals surface area contributed by atoms with Gasteiger partial charge in [-0.25, -0.2) is 0 Å². The fourth-order valence-electron chi connectivity index (χ4n) is 2.30. The monoisotopic (exact) mass is 290 g/mol. The molecule has 0 amide bonds. The molecule has 2 aromatic rings. The molecule has 0 unspecified atom stereocenters. The Morgan fingerprint density at radius 1 is 1.23 bits per heavy atom. The topological polar surface area (TPSA) is 77.0 Å². The number of rotatable bonds is 4. The normalized spacial score (nSPS) is 9.59. The van der Waals surface area contributed by atoms with Gasteiger partial charge in [0, 0.05) is 11.1 Å². The molecule has 0 spiro atoms. The maximum atomic E-state index is 10.4. The van der Waals surface area contributed by atoms with E-state index in [1.807, 2.05) is 12.1 Å². The molecule has 0 aliphatic rings. The lowest BCUT2D eigenvalue weighted by molar-refractivity contribution is 0.374. The van der Waals surface area contributed by atoms with Crippen LogP contribution in [0.15, 0.2) is 43.0 Å². The van der Waals surface area contributed by atoms with Gasteiger partial charge in [0.15, 0.2) is 11.5 Å². The third kappa shape index (κ3) is 2.63. The fraction of sp³-hybridized carbons (Fsp3) is 0.111. The summed E-state index contributed by atoms with van der Waals surface area (Å²) in [6.07, 6.45) is 2.34. The van der Waals surface area contributed by atoms with E-state index in [0.29, 0.717) is 23.3 Å². The molecule has 108 valence electrons. The Balaban J connectivity index is 2.78. The predicted octanol–water partition coefficient (Wildman–Crippen LogP) is 3.54. The zero-order valence-electron chi connectivity index (χ0n) is 12.1. The third-order valence-corrected chi connectivity index (χ3v) is 3.32. The lowest BCUT2D eigenvalue weighted by Crippen LogP contribution is -1.94. The number of nitrogens with zero attached hydrogens (tertiary/aromatic N) is 2. The summed E-state index contributed by atoms with van der Waals surface area (Å²) in [7, 11) is 1.47. The van der Waals surface area contributed by atoms with Gasteiger partial charge in [-0.3, -0.25) is 0 Å². The Hall–Kier alpha value is -3.24. The molecule has 0 heterocycles. The van der Waals surface area contributed by atoms with E-state index in [4.69, 9.17) is 10.00 Å². The Kier molecular flexibility index (Phi) is 4.46. The van der Waals surface area contributed by atoms with Crippen LogP contribution in [-0.2, 0) is 6.42 Å². The van der Waals surface area contributed by atoms with Crippen molar-refractivity contribution >= 4 is 0 Å². The average molecular weight is 290 g/mol. The third-order valence-electron chi connectivity index (χ3n) is 3.32. The molecule has 0 atom stereocenters. The van der Waals surface area contributed by atoms with Crippen molar-refractivity contribution < 1.29 is 9.84 Å². The zero-order valence-corrected chi connectivity index (χ0v) is 12.1. The van der Waals surface area contributed by atoms with Crippen LogP contribution in [-0.4, -0.2) is 12.2 Å². The van der Waals surface area contributed by atoms with Crippen molar-refractivity contribution in [3.8, 4) is 34.8 Å². The van der Waals surface area contributed by atoms with Crippen LogP contribution in [0, 0.1) is 22.7 Å². The van der Waals surface area contributed by atoms with Gasteiger partial charge in [0.25, 0.3) is 0 Å². The maximum absolute atomic E-state index is 10.4. The lowest BCUT2D eigenvalue weighted by atomic mass is 9.94. The van der Waals surface area contributed by atoms with Crippen LogP contribution in [0.1, 0.15) is 16.7 Å². The summed E-state index contributed by atoms with van der Waals surface area (Å²) in [6.45, 7) is 3.70. The number of phenols is 1. The van der Waals surface area contributed by atoms with Gasteiger partial charge in [-0.15, -0.1) is 6.58 Å². The van der Waals surface area contributed by atoms with Gasteiger partial charge in [0.2, 0.25) is 0 Å². The smallest absolute Gasteiger partial charge is 0.165 e. The number of phenolic OH excluding ortho intramolecular Hbond substituents is 1. The summed E-state index contributed by atoms with van der Waals surface area (Å²) < 4.78 is 5.19. The molecule has 0 bridgehead atoms. The number of aromatic hydroxyl groups is 1. The number of nitriles is 2. The SMILES string of the molecule is C=CCc1cc(OC)c(O)c(-c2cccc(C#N)c2C#N)c1. The van der Waals surface area contributed by atoms with Gasteiger partial charge >= 0.3 is 0 Å². The first-order valence-corrected chi connectivity index (χ1v) is 6.60. The standard InChI is InChI=1S/C18H14N2O2/c1-3-5-12-8-15(18(21)17(9-12)22-2)14-7-4-6-13(10-19)16(14)11-20/h3-4,6-9,21H,1,5H2,2H3. The molecule has 0 radical (unpaired) electrons. The van der Waals surface area contributed by atoms with E-state index in [1.54, 1.807) is 36.4 Å². The largest absolute Gasteiger partial charge is 0.504 e. The van der Waals surface area contributed by atoms with Crippen LogP contribution in [0.3, 0.4) is 0 Å². The van der Waals surface area contributed by atoms with E-state index in [0.717, 1.165) is 5.56 Å². The number of methoxy groups -OCH3 is 1. The van der Waals surface area contributed by atoms with E-state index >= 15 is 0 Å². The highest BCUT2D eigenvalue weighted by Gasteiger charge is 2.17. The molecule has 0 aliphatic heterocycles. The molecule has 1 N–H and O–H groups in total. The molecule has 22 heavy (non-hydrogen) atoms. The highest BCUT2D eigenvalue weighted by molar-refractivity contribution is 5.80. The van der Waals surface area contributed by atoms with Crippen molar-refractivity contribution in [3.63, 3.8) is 0 Å². The summed E-state index contributed by atoms with van der Waals surface area (Å²) in [4.78, 5) is 0. The number of ether oxygens (including phenoxy) is 1. The number of hydrogen-bond donors (Lipinski definition) is 1. The van der Waals surface area contributed by atoms with Gasteiger partial charge < -0.3 is 9.84 Å². The van der Waals surface area contributed by atoms with Crippen LogP contribution >= 0.6 is 0 Å². The van der Waals surface area contributed by atoms with E-state index in [-0.39, 0.29) is 16.9 Å². The van der Waals surface area contributed by atoms with Crippen molar-refractivity contribution in [1.82, 2.24) is 0 Å². The second kappa shape index (κ2) is 6.47. The molecule has 0 fully saturated rings. The average Bonchev–Trinajstić information content (AvgIpc) is 2.55. The van der Waals surface area contributed by atoms with Crippen LogP contribution < -0.4 is 4.74 Å². The van der Waals surface area contributed by atoms with Crippen molar-refractivity contribution in [2.75, 3.05) is 7.11 Å². The molecule has 2 aromatic carbocycles. The molecule has 4 heteroatoms. The van der Waals surface area contributed by atoms with Gasteiger partial charge in [0.05, 0.1) is 18.2 Å². The van der Waals surface area contributed by atoms with Gasteiger partial charge in [-0.2, -0.15) is 10.5 Å². The van der Waals surface area contributed by atoms with E-state index in [1.165, 1.54) is 7.11 Å². The van der Waals surface area contributed by atoms with Crippen molar-refractivity contribution in [2.24, 2.45) is 0 Å². The van der Waals surface area contributed by atoms with Crippen molar-refractivity contribution in [2.45, 2.75) is 6.42 Å². The quantitative estimate of drug-likeness (QED) is 0.874. The Labute approximate surface area is 129 Å². The summed E-state index contributed by atoms with van der Waals surface area (Å²) in [5.74, 6) is 0.266. The zero-order chi connectivity index (χ0) is 16.1. The second-order valence-corrected chi connectivity index (χ2v) is 4.64. The number of hydrogen-bond acceptors (Lipinski definition) is 4. The minimum atomic E-state index is -0.0538. The minimum absolute atomic E-state index is 0.0538. The number of benzene rings is 2. The van der Waals surface area contributed by atoms with E-state index in [9.17, 15) is 10.4 Å². The first-order chi connectivity index (χ1) is 10.7. The maximum Gasteiger partial charge on any atom is 0.165 e. The molecular formula is C18H14N2O2. The van der Waals surface area contributed by atoms with Gasteiger partial charge in [0.1, 0.15) is 12.1 Å². The summed E-state index contributed by atoms with van der Waals surface area (Å²) in [5, 5.41) is 28.9. The Morgan fingerprint density at radius 2 is 2.00 bits per heavy atom. The van der Waals surface area contributed by atoms with Crippen LogP contribution in [0.2, 0.25) is 0 Å². The van der Waals surface area contributed by atoms with Gasteiger partial charge in [-0.05, 0) is 30.2 Å². The molecule has 0 saturated carbocycles. The molecular weight excluding hydrogens is 276 g/mol. The van der Waals surface area contributed by atoms with Crippen molar-refractivity contribution in [3.05, 3.63) is 59.7 Å². The van der Waals surface area contributed by atoms with Crippen molar-refractivity contribution in [1.29, 1.82) is 10.5 Å². The first-order valence-electron chi connectivity index (χ1n) is 6.60. The molecule has 4 nitrogen and oxygen atoms in total. The molecule has 0 aromatic heterocycles. The van der Waals surface area contributed by atoms with E-state index < -0.39 is 0 Å². The Bertz CT molecular complexity index is 811. The first kappa shape index (κ1) is 15.2. The molecule has 0 saturated heterocycles. The van der Waals surface area contributed by atoms with Crippen LogP contribution in [0.5, 0.6) is 11.5 Å². The number of allylic oxidation sites excluding steroid dienone is 1. The summed E-state index contributed by atoms with van der Waals surface area (Å²) >= 11 is 0. The summed E-state index contributed by atoms with van der Waals surface area (Å²) in [5.41, 5.74) is 2.37. The molecule has 2 rings (SSSR count). The fourth-order valence-corrected chi connectivity index (χ4v) is 2.30. The predicted molar refractivity (Wildman–Crippen MR) is 83.4 cm³/mol. The van der Waals surface area contributed by atoms with Gasteiger partial charge in [-0.1, -0.05) is 18.2 Å². The summed E-state index contributed by atoms with van der Waals surface area (Å²) in [6, 6.07) is 12.5. The van der Waals surface area contributed by atoms with E-state index in [2.05, 4.69) is 6.58 Å². The highest BCUT2D eigenvalue weighted by atomic mass is 16.5. The highest BCUT2D eigenvalue weighted by Crippen LogP contribution is 2.40. The Morgan fingerprint density at radius 3 is 2.59 bits per heavy atom. The molecule has 0 aliphatic carbocycles.